The Labute approximate surface area is 260 Å². The van der Waals surface area contributed by atoms with Gasteiger partial charge in [-0.2, -0.15) is 0 Å². The average molecular weight is 632 g/mol. The molecular weight excluding hydrogens is 560 g/mol. The summed E-state index contributed by atoms with van der Waals surface area (Å²) >= 11 is 3.22. The van der Waals surface area contributed by atoms with Gasteiger partial charge in [-0.05, 0) is 113 Å². The van der Waals surface area contributed by atoms with E-state index in [-0.39, 0.29) is 33.3 Å². The van der Waals surface area contributed by atoms with Crippen LogP contribution in [0.3, 0.4) is 0 Å². The van der Waals surface area contributed by atoms with E-state index in [1.165, 1.54) is 6.42 Å². The minimum absolute atomic E-state index is 0.164. The van der Waals surface area contributed by atoms with Crippen LogP contribution < -0.4 is 0 Å². The number of halogens is 1. The zero-order chi connectivity index (χ0) is 32.3. The highest BCUT2D eigenvalue weighted by Crippen LogP contribution is 2.35. The van der Waals surface area contributed by atoms with Gasteiger partial charge in [0.2, 0.25) is 4.69 Å². The van der Waals surface area contributed by atoms with Crippen LogP contribution in [-0.2, 0) is 9.59 Å². The Hall–Kier alpha value is -0.380. The zero-order valence-electron chi connectivity index (χ0n) is 29.8. The molecule has 0 bridgehead atoms. The highest BCUT2D eigenvalue weighted by molar-refractivity contribution is 9.18. The van der Waals surface area contributed by atoms with E-state index >= 15 is 0 Å². The Bertz CT molecular complexity index is 652. The Balaban J connectivity index is 0. The topological polar surface area (TPSA) is 54.4 Å². The molecule has 4 heteroatoms. The lowest BCUT2D eigenvalue weighted by atomic mass is 9.76. The highest BCUT2D eigenvalue weighted by atomic mass is 79.9. The van der Waals surface area contributed by atoms with Crippen molar-refractivity contribution in [1.29, 1.82) is 0 Å². The second-order valence-electron chi connectivity index (χ2n) is 18.2. The lowest BCUT2D eigenvalue weighted by Crippen LogP contribution is -2.26. The third kappa shape index (κ3) is 24.2. The fraction of sp³-hybridized carbons (Fsp3) is 0.944. The van der Waals surface area contributed by atoms with Crippen molar-refractivity contribution in [2.45, 2.75) is 162 Å². The fourth-order valence-corrected chi connectivity index (χ4v) is 7.39. The molecule has 0 heterocycles. The van der Waals surface area contributed by atoms with Gasteiger partial charge in [-0.1, -0.05) is 111 Å². The number of hydrogen-bond donors (Lipinski definition) is 1. The summed E-state index contributed by atoms with van der Waals surface area (Å²) in [6.07, 6.45) is 8.44. The van der Waals surface area contributed by atoms with Crippen molar-refractivity contribution < 1.29 is 14.7 Å². The minimum atomic E-state index is -0.621. The lowest BCUT2D eigenvalue weighted by molar-refractivity contribution is -0.144. The predicted molar refractivity (Wildman–Crippen MR) is 180 cm³/mol. The van der Waals surface area contributed by atoms with Crippen LogP contribution in [0.25, 0.3) is 0 Å². The van der Waals surface area contributed by atoms with Crippen molar-refractivity contribution in [3.63, 3.8) is 0 Å². The molecule has 0 fully saturated rings. The monoisotopic (exact) mass is 630 g/mol. The summed E-state index contributed by atoms with van der Waals surface area (Å²) in [5, 5.41) is 9.49. The SMILES string of the molecule is CC(CCC(C(=O)Br)C(C)CC(C)(C)C)CC(C)(C)C.CC(CCC(C(=O)O)C(C)CC(C)(C)C)CC(C)(C)C. The van der Waals surface area contributed by atoms with Crippen molar-refractivity contribution in [3.05, 3.63) is 0 Å². The van der Waals surface area contributed by atoms with Crippen molar-refractivity contribution in [2.75, 3.05) is 0 Å². The molecule has 0 spiro atoms. The quantitative estimate of drug-likeness (QED) is 0.194. The van der Waals surface area contributed by atoms with Crippen LogP contribution in [0.1, 0.15) is 162 Å². The predicted octanol–water partition coefficient (Wildman–Crippen LogP) is 12.1. The van der Waals surface area contributed by atoms with E-state index in [1.54, 1.807) is 0 Å². The molecule has 0 aromatic carbocycles. The molecule has 40 heavy (non-hydrogen) atoms. The molecule has 0 radical (unpaired) electrons. The first-order chi connectivity index (χ1) is 17.6. The lowest BCUT2D eigenvalue weighted by Gasteiger charge is -2.29. The first-order valence-corrected chi connectivity index (χ1v) is 16.8. The maximum atomic E-state index is 11.9. The molecule has 0 aliphatic carbocycles. The molecule has 3 nitrogen and oxygen atoms in total. The summed E-state index contributed by atoms with van der Waals surface area (Å²) in [6, 6.07) is 0. The number of carbonyl (C=O) groups excluding carboxylic acids is 1. The average Bonchev–Trinajstić information content (AvgIpc) is 2.62. The molecule has 0 amide bonds. The summed E-state index contributed by atoms with van der Waals surface area (Å²) in [7, 11) is 0. The van der Waals surface area contributed by atoms with Gasteiger partial charge in [-0.25, -0.2) is 0 Å². The number of carboxylic acids is 1. The smallest absolute Gasteiger partial charge is 0.306 e. The molecule has 1 N–H and O–H groups in total. The normalized spacial score (nSPS) is 17.6. The molecule has 0 saturated carbocycles. The van der Waals surface area contributed by atoms with Crippen LogP contribution in [0.4, 0.5) is 0 Å². The van der Waals surface area contributed by atoms with Gasteiger partial charge >= 0.3 is 5.97 Å². The van der Waals surface area contributed by atoms with Gasteiger partial charge in [-0.15, -0.1) is 0 Å². The van der Waals surface area contributed by atoms with Gasteiger partial charge in [0.15, 0.2) is 0 Å². The van der Waals surface area contributed by atoms with Crippen LogP contribution in [0.15, 0.2) is 0 Å². The second kappa shape index (κ2) is 17.7. The van der Waals surface area contributed by atoms with Gasteiger partial charge in [0, 0.05) is 5.92 Å². The van der Waals surface area contributed by atoms with E-state index in [4.69, 9.17) is 0 Å². The third-order valence-electron chi connectivity index (χ3n) is 7.71. The molecule has 240 valence electrons. The molecule has 0 rings (SSSR count). The Kier molecular flexibility index (Phi) is 18.4. The van der Waals surface area contributed by atoms with Gasteiger partial charge in [0.05, 0.1) is 5.92 Å². The van der Waals surface area contributed by atoms with E-state index in [0.717, 1.165) is 44.9 Å². The Morgan fingerprint density at radius 2 is 0.800 bits per heavy atom. The Morgan fingerprint density at radius 1 is 0.525 bits per heavy atom. The van der Waals surface area contributed by atoms with Crippen LogP contribution in [0, 0.1) is 57.2 Å². The van der Waals surface area contributed by atoms with Crippen molar-refractivity contribution in [3.8, 4) is 0 Å². The number of rotatable bonds is 14. The van der Waals surface area contributed by atoms with E-state index in [9.17, 15) is 14.7 Å². The maximum Gasteiger partial charge on any atom is 0.306 e. The van der Waals surface area contributed by atoms with E-state index < -0.39 is 5.97 Å². The second-order valence-corrected chi connectivity index (χ2v) is 19.0. The third-order valence-corrected chi connectivity index (χ3v) is 8.30. The Morgan fingerprint density at radius 3 is 1.05 bits per heavy atom. The molecule has 6 unspecified atom stereocenters. The van der Waals surface area contributed by atoms with E-state index in [2.05, 4.69) is 127 Å². The molecule has 6 atom stereocenters. The molecule has 0 aromatic rings. The van der Waals surface area contributed by atoms with Crippen molar-refractivity contribution in [1.82, 2.24) is 0 Å². The first kappa shape index (κ1) is 41.8. The maximum absolute atomic E-state index is 11.9. The number of aliphatic carboxylic acids is 1. The van der Waals surface area contributed by atoms with Gasteiger partial charge in [-0.3, -0.25) is 9.59 Å². The number of carbonyl (C=O) groups is 2. The summed E-state index contributed by atoms with van der Waals surface area (Å²) in [5.74, 6) is 1.32. The van der Waals surface area contributed by atoms with E-state index in [0.29, 0.717) is 28.6 Å². The highest BCUT2D eigenvalue weighted by Gasteiger charge is 2.29. The molecular formula is C36H71BrO3. The minimum Gasteiger partial charge on any atom is -0.481 e. The molecule has 0 aliphatic heterocycles. The van der Waals surface area contributed by atoms with Gasteiger partial charge in [0.1, 0.15) is 0 Å². The standard InChI is InChI=1S/C18H35BrO.C18H36O2/c2*1-13(11-17(3,4)5)9-10-15(16(19)20)14(2)12-18(6,7)8/h13-15H,9-12H2,1-8H3;13-15H,9-12H2,1-8H3,(H,19,20). The summed E-state index contributed by atoms with van der Waals surface area (Å²) < 4.78 is 0.192. The van der Waals surface area contributed by atoms with Gasteiger partial charge in [0.25, 0.3) is 0 Å². The molecule has 0 aromatic heterocycles. The zero-order valence-corrected chi connectivity index (χ0v) is 31.3. The molecule has 0 saturated heterocycles. The number of carboxylic acid groups (broad SMARTS) is 1. The van der Waals surface area contributed by atoms with Crippen LogP contribution >= 0.6 is 15.9 Å². The largest absolute Gasteiger partial charge is 0.481 e. The van der Waals surface area contributed by atoms with Gasteiger partial charge < -0.3 is 5.11 Å². The first-order valence-electron chi connectivity index (χ1n) is 16.1. The fourth-order valence-electron chi connectivity index (χ4n) is 6.71. The summed E-state index contributed by atoms with van der Waals surface area (Å²) in [5.41, 5.74) is 1.20. The van der Waals surface area contributed by atoms with Crippen molar-refractivity contribution in [2.24, 2.45) is 57.2 Å². The van der Waals surface area contributed by atoms with Crippen LogP contribution in [0.2, 0.25) is 0 Å². The van der Waals surface area contributed by atoms with Crippen molar-refractivity contribution >= 4 is 26.6 Å². The van der Waals surface area contributed by atoms with Crippen LogP contribution in [-0.4, -0.2) is 15.8 Å². The van der Waals surface area contributed by atoms with E-state index in [1.807, 2.05) is 0 Å². The summed E-state index contributed by atoms with van der Waals surface area (Å²) in [6.45, 7) is 35.8. The van der Waals surface area contributed by atoms with Crippen LogP contribution in [0.5, 0.6) is 0 Å². The number of hydrogen-bond acceptors (Lipinski definition) is 2. The molecule has 0 aliphatic rings. The summed E-state index contributed by atoms with van der Waals surface area (Å²) in [4.78, 5) is 23.4.